The average Bonchev–Trinajstić information content (AvgIpc) is 2.88. The lowest BCUT2D eigenvalue weighted by molar-refractivity contribution is 0.325. The first-order chi connectivity index (χ1) is 9.95. The average molecular weight is 332 g/mol. The molecule has 6 heteroatoms. The largest absolute Gasteiger partial charge is 0.495 e. The fourth-order valence-electron chi connectivity index (χ4n) is 2.98. The smallest absolute Gasteiger partial charge is 0.247 e. The molecule has 0 aromatic heterocycles. The van der Waals surface area contributed by atoms with Crippen LogP contribution >= 0.6 is 11.6 Å². The second-order valence-electron chi connectivity index (χ2n) is 5.44. The number of rotatable bonds is 5. The highest BCUT2D eigenvalue weighted by atomic mass is 35.5. The zero-order valence-electron chi connectivity index (χ0n) is 12.7. The van der Waals surface area contributed by atoms with Crippen molar-refractivity contribution >= 4 is 21.6 Å². The first kappa shape index (κ1) is 16.6. The Balaban J connectivity index is 2.52. The number of sulfonamides is 1. The SMILES string of the molecule is CCC1CCC(C)N1S(=O)(=O)c1cc(CCl)ccc1OC. The van der Waals surface area contributed by atoms with Gasteiger partial charge in [0.2, 0.25) is 10.0 Å². The molecule has 0 N–H and O–H groups in total. The van der Waals surface area contributed by atoms with E-state index in [1.165, 1.54) is 7.11 Å². The minimum absolute atomic E-state index is 0.0179. The molecule has 0 radical (unpaired) electrons. The topological polar surface area (TPSA) is 46.6 Å². The van der Waals surface area contributed by atoms with Crippen LogP contribution in [0.5, 0.6) is 5.75 Å². The van der Waals surface area contributed by atoms with Gasteiger partial charge in [-0.1, -0.05) is 13.0 Å². The van der Waals surface area contributed by atoms with E-state index in [9.17, 15) is 8.42 Å². The van der Waals surface area contributed by atoms with Gasteiger partial charge >= 0.3 is 0 Å². The second-order valence-corrected chi connectivity index (χ2v) is 7.52. The standard InChI is InChI=1S/C15H22ClNO3S/c1-4-13-7-5-11(2)17(13)21(18,19)15-9-12(10-16)6-8-14(15)20-3/h6,8-9,11,13H,4-5,7,10H2,1-3H3. The number of methoxy groups -OCH3 is 1. The summed E-state index contributed by atoms with van der Waals surface area (Å²) in [5, 5.41) is 0. The van der Waals surface area contributed by atoms with Gasteiger partial charge in [0.25, 0.3) is 0 Å². The van der Waals surface area contributed by atoms with Crippen molar-refractivity contribution in [2.45, 2.75) is 56.0 Å². The second kappa shape index (κ2) is 6.55. The molecule has 2 atom stereocenters. The molecule has 21 heavy (non-hydrogen) atoms. The molecule has 0 amide bonds. The van der Waals surface area contributed by atoms with E-state index in [1.807, 2.05) is 13.8 Å². The number of benzene rings is 1. The van der Waals surface area contributed by atoms with Crippen LogP contribution in [0.3, 0.4) is 0 Å². The summed E-state index contributed by atoms with van der Waals surface area (Å²) >= 11 is 5.84. The Labute approximate surface area is 132 Å². The van der Waals surface area contributed by atoms with Crippen LogP contribution in [0.4, 0.5) is 0 Å². The van der Waals surface area contributed by atoms with E-state index in [2.05, 4.69) is 0 Å². The van der Waals surface area contributed by atoms with E-state index >= 15 is 0 Å². The Morgan fingerprint density at radius 1 is 1.38 bits per heavy atom. The number of hydrogen-bond donors (Lipinski definition) is 0. The van der Waals surface area contributed by atoms with Crippen LogP contribution in [0.2, 0.25) is 0 Å². The first-order valence-electron chi connectivity index (χ1n) is 7.22. The molecule has 1 aliphatic heterocycles. The Hall–Kier alpha value is -0.780. The summed E-state index contributed by atoms with van der Waals surface area (Å²) in [7, 11) is -2.09. The van der Waals surface area contributed by atoms with Gasteiger partial charge in [-0.25, -0.2) is 8.42 Å². The van der Waals surface area contributed by atoms with Gasteiger partial charge in [-0.05, 0) is 43.9 Å². The fourth-order valence-corrected chi connectivity index (χ4v) is 5.31. The van der Waals surface area contributed by atoms with Gasteiger partial charge < -0.3 is 4.74 Å². The van der Waals surface area contributed by atoms with Crippen LogP contribution in [0.1, 0.15) is 38.7 Å². The normalized spacial score (nSPS) is 23.4. The summed E-state index contributed by atoms with van der Waals surface area (Å²) < 4.78 is 33.0. The van der Waals surface area contributed by atoms with Crippen molar-refractivity contribution < 1.29 is 13.2 Å². The van der Waals surface area contributed by atoms with E-state index < -0.39 is 10.0 Å². The van der Waals surface area contributed by atoms with E-state index in [-0.39, 0.29) is 22.9 Å². The van der Waals surface area contributed by atoms with E-state index in [4.69, 9.17) is 16.3 Å². The van der Waals surface area contributed by atoms with Crippen LogP contribution in [0.25, 0.3) is 0 Å². The molecule has 0 aliphatic carbocycles. The molecular weight excluding hydrogens is 310 g/mol. The van der Waals surface area contributed by atoms with Crippen LogP contribution in [0.15, 0.2) is 23.1 Å². The van der Waals surface area contributed by atoms with Gasteiger partial charge in [-0.15, -0.1) is 11.6 Å². The molecule has 1 aromatic rings. The Morgan fingerprint density at radius 2 is 2.10 bits per heavy atom. The van der Waals surface area contributed by atoms with Gasteiger partial charge in [-0.3, -0.25) is 0 Å². The molecule has 0 spiro atoms. The maximum Gasteiger partial charge on any atom is 0.247 e. The Bertz CT molecular complexity index is 603. The summed E-state index contributed by atoms with van der Waals surface area (Å²) in [6.07, 6.45) is 2.63. The van der Waals surface area contributed by atoms with Gasteiger partial charge in [0, 0.05) is 18.0 Å². The number of halogens is 1. The quantitative estimate of drug-likeness (QED) is 0.777. The van der Waals surface area contributed by atoms with Crippen LogP contribution in [-0.4, -0.2) is 31.9 Å². The maximum atomic E-state index is 13.1. The van der Waals surface area contributed by atoms with E-state index in [0.717, 1.165) is 24.8 Å². The van der Waals surface area contributed by atoms with E-state index in [0.29, 0.717) is 5.75 Å². The van der Waals surface area contributed by atoms with Crippen molar-refractivity contribution in [3.8, 4) is 5.75 Å². The molecule has 2 unspecified atom stereocenters. The molecule has 1 fully saturated rings. The summed E-state index contributed by atoms with van der Waals surface area (Å²) in [6, 6.07) is 5.17. The first-order valence-corrected chi connectivity index (χ1v) is 9.19. The maximum absolute atomic E-state index is 13.1. The summed E-state index contributed by atoms with van der Waals surface area (Å²) in [5.74, 6) is 0.650. The Kier molecular flexibility index (Phi) is 5.17. The van der Waals surface area contributed by atoms with Gasteiger partial charge in [0.1, 0.15) is 10.6 Å². The third-order valence-corrected chi connectivity index (χ3v) is 6.52. The minimum atomic E-state index is -3.57. The Morgan fingerprint density at radius 3 is 2.67 bits per heavy atom. The molecule has 1 saturated heterocycles. The molecule has 1 aromatic carbocycles. The number of hydrogen-bond acceptors (Lipinski definition) is 3. The molecule has 0 bridgehead atoms. The lowest BCUT2D eigenvalue weighted by atomic mass is 10.2. The highest BCUT2D eigenvalue weighted by Crippen LogP contribution is 2.36. The van der Waals surface area contributed by atoms with Gasteiger partial charge in [-0.2, -0.15) is 4.31 Å². The predicted octanol–water partition coefficient (Wildman–Crippen LogP) is 3.39. The minimum Gasteiger partial charge on any atom is -0.495 e. The van der Waals surface area contributed by atoms with Crippen molar-refractivity contribution in [1.29, 1.82) is 0 Å². The molecule has 118 valence electrons. The highest BCUT2D eigenvalue weighted by Gasteiger charge is 2.40. The molecule has 1 aliphatic rings. The van der Waals surface area contributed by atoms with Crippen molar-refractivity contribution in [1.82, 2.24) is 4.31 Å². The monoisotopic (exact) mass is 331 g/mol. The zero-order valence-corrected chi connectivity index (χ0v) is 14.2. The molecule has 1 heterocycles. The van der Waals surface area contributed by atoms with Gasteiger partial charge in [0.15, 0.2) is 0 Å². The van der Waals surface area contributed by atoms with Crippen molar-refractivity contribution in [2.75, 3.05) is 7.11 Å². The number of ether oxygens (including phenoxy) is 1. The van der Waals surface area contributed by atoms with Crippen molar-refractivity contribution in [3.63, 3.8) is 0 Å². The van der Waals surface area contributed by atoms with Crippen molar-refractivity contribution in [2.24, 2.45) is 0 Å². The molecule has 0 saturated carbocycles. The lowest BCUT2D eigenvalue weighted by Gasteiger charge is -2.27. The summed E-state index contributed by atoms with van der Waals surface area (Å²) in [5.41, 5.74) is 0.774. The van der Waals surface area contributed by atoms with Gasteiger partial charge in [0.05, 0.1) is 7.11 Å². The molecule has 2 rings (SSSR count). The third-order valence-electron chi connectivity index (χ3n) is 4.12. The number of nitrogens with zero attached hydrogens (tertiary/aromatic N) is 1. The predicted molar refractivity (Wildman–Crippen MR) is 84.4 cm³/mol. The molecular formula is C15H22ClNO3S. The summed E-state index contributed by atoms with van der Waals surface area (Å²) in [6.45, 7) is 3.99. The van der Waals surface area contributed by atoms with Crippen molar-refractivity contribution in [3.05, 3.63) is 23.8 Å². The van der Waals surface area contributed by atoms with E-state index in [1.54, 1.807) is 22.5 Å². The van der Waals surface area contributed by atoms with Crippen LogP contribution in [0, 0.1) is 0 Å². The lowest BCUT2D eigenvalue weighted by Crippen LogP contribution is -2.39. The summed E-state index contributed by atoms with van der Waals surface area (Å²) in [4.78, 5) is 0.218. The van der Waals surface area contributed by atoms with Crippen LogP contribution in [-0.2, 0) is 15.9 Å². The van der Waals surface area contributed by atoms with Crippen LogP contribution < -0.4 is 4.74 Å². The fraction of sp³-hybridized carbons (Fsp3) is 0.600. The number of alkyl halides is 1. The highest BCUT2D eigenvalue weighted by molar-refractivity contribution is 7.89. The zero-order chi connectivity index (χ0) is 15.6. The molecule has 4 nitrogen and oxygen atoms in total. The third kappa shape index (κ3) is 3.05.